The molecule has 0 radical (unpaired) electrons. The van der Waals surface area contributed by atoms with Crippen molar-refractivity contribution in [3.8, 4) is 0 Å². The van der Waals surface area contributed by atoms with Gasteiger partial charge in [0.2, 0.25) is 0 Å². The second-order valence-electron chi connectivity index (χ2n) is 3.34. The molecule has 0 aromatic rings. The quantitative estimate of drug-likeness (QED) is 0.554. The number of allylic oxidation sites excluding steroid dienone is 4. The van der Waals surface area contributed by atoms with Gasteiger partial charge in [-0.25, -0.2) is 0 Å². The summed E-state index contributed by atoms with van der Waals surface area (Å²) in [6.45, 7) is 7.00. The van der Waals surface area contributed by atoms with E-state index in [4.69, 9.17) is 0 Å². The van der Waals surface area contributed by atoms with E-state index >= 15 is 0 Å². The van der Waals surface area contributed by atoms with Crippen LogP contribution in [0.5, 0.6) is 0 Å². The van der Waals surface area contributed by atoms with Crippen LogP contribution in [0.15, 0.2) is 33.1 Å². The van der Waals surface area contributed by atoms with Crippen molar-refractivity contribution in [2.75, 3.05) is 38.6 Å². The fraction of sp³-hybridized carbons (Fsp3) is 0.625. The number of rotatable bonds is 3. The first kappa shape index (κ1) is 25.8. The number of aliphatic imine (C=N–C) groups is 2. The van der Waals surface area contributed by atoms with Crippen molar-refractivity contribution in [2.45, 2.75) is 27.2 Å². The van der Waals surface area contributed by atoms with Gasteiger partial charge < -0.3 is 0 Å². The van der Waals surface area contributed by atoms with Crippen molar-refractivity contribution in [1.82, 2.24) is 0 Å². The number of thiol groups is 1. The van der Waals surface area contributed by atoms with E-state index in [0.717, 1.165) is 24.4 Å². The Hall–Kier alpha value is -0.130. The summed E-state index contributed by atoms with van der Waals surface area (Å²) >= 11 is 6.99. The van der Waals surface area contributed by atoms with Gasteiger partial charge in [-0.05, 0) is 43.6 Å². The molecule has 0 aliphatic heterocycles. The van der Waals surface area contributed by atoms with Gasteiger partial charge in [0.25, 0.3) is 0 Å². The monoisotopic (exact) mass is 348 g/mol. The molecule has 0 atom stereocenters. The maximum Gasteiger partial charge on any atom is 0.0958 e. The molecule has 0 aromatic carbocycles. The number of nitrogens with zero attached hydrogens (tertiary/aromatic N) is 2. The van der Waals surface area contributed by atoms with E-state index in [1.165, 1.54) is 4.91 Å². The van der Waals surface area contributed by atoms with Crippen LogP contribution in [0, 0.1) is 0 Å². The van der Waals surface area contributed by atoms with Gasteiger partial charge in [-0.1, -0.05) is 26.8 Å². The molecule has 2 nitrogen and oxygen atoms in total. The second-order valence-corrected chi connectivity index (χ2v) is 5.01. The molecule has 0 N–H and O–H groups in total. The van der Waals surface area contributed by atoms with Crippen molar-refractivity contribution >= 4 is 47.6 Å². The highest BCUT2D eigenvalue weighted by Gasteiger charge is 2.12. The van der Waals surface area contributed by atoms with Gasteiger partial charge in [0.15, 0.2) is 0 Å². The fourth-order valence-corrected chi connectivity index (χ4v) is 1.86. The minimum atomic E-state index is 0.875. The van der Waals surface area contributed by atoms with Gasteiger partial charge in [-0.3, -0.25) is 9.98 Å². The molecular formula is C16H32N2S3. The summed E-state index contributed by atoms with van der Waals surface area (Å²) in [6, 6.07) is 0. The fourth-order valence-electron chi connectivity index (χ4n) is 1.26. The zero-order chi connectivity index (χ0) is 17.1. The van der Waals surface area contributed by atoms with E-state index < -0.39 is 0 Å². The third-order valence-electron chi connectivity index (χ3n) is 1.93. The summed E-state index contributed by atoms with van der Waals surface area (Å²) in [5, 5.41) is 0. The summed E-state index contributed by atoms with van der Waals surface area (Å²) in [6.07, 6.45) is 15.1. The lowest BCUT2D eigenvalue weighted by Crippen LogP contribution is -2.16. The van der Waals surface area contributed by atoms with Crippen molar-refractivity contribution in [1.29, 1.82) is 0 Å². The molecule has 0 spiro atoms. The van der Waals surface area contributed by atoms with Crippen molar-refractivity contribution in [3.63, 3.8) is 0 Å². The van der Waals surface area contributed by atoms with Gasteiger partial charge in [-0.2, -0.15) is 24.4 Å². The summed E-state index contributed by atoms with van der Waals surface area (Å²) in [7, 11) is 1.82. The van der Waals surface area contributed by atoms with Gasteiger partial charge in [-0.15, -0.1) is 11.8 Å². The van der Waals surface area contributed by atoms with Gasteiger partial charge in [0.1, 0.15) is 0 Å². The first-order chi connectivity index (χ1) is 10.2. The Balaban J connectivity index is -0.000000399. The van der Waals surface area contributed by atoms with Crippen LogP contribution in [0.1, 0.15) is 27.2 Å². The van der Waals surface area contributed by atoms with Crippen molar-refractivity contribution < 1.29 is 0 Å². The van der Waals surface area contributed by atoms with Crippen LogP contribution in [-0.2, 0) is 0 Å². The Morgan fingerprint density at radius 2 is 1.67 bits per heavy atom. The molecule has 0 amide bonds. The molecule has 0 aromatic heterocycles. The molecule has 0 fully saturated rings. The van der Waals surface area contributed by atoms with Gasteiger partial charge >= 0.3 is 0 Å². The molecule has 1 aliphatic carbocycles. The van der Waals surface area contributed by atoms with E-state index in [9.17, 15) is 0 Å². The van der Waals surface area contributed by atoms with E-state index in [2.05, 4.69) is 41.9 Å². The normalized spacial score (nSPS) is 16.0. The predicted molar refractivity (Wildman–Crippen MR) is 112 cm³/mol. The molecule has 124 valence electrons. The molecule has 0 bridgehead atoms. The Morgan fingerprint density at radius 1 is 1.14 bits per heavy atom. The third-order valence-corrected chi connectivity index (χ3v) is 2.70. The van der Waals surface area contributed by atoms with Crippen molar-refractivity contribution in [3.05, 3.63) is 23.1 Å². The largest absolute Gasteiger partial charge is 0.285 e. The Bertz CT molecular complexity index is 332. The molecule has 1 aliphatic rings. The molecule has 0 heterocycles. The summed E-state index contributed by atoms with van der Waals surface area (Å²) in [4.78, 5) is 9.98. The van der Waals surface area contributed by atoms with E-state index in [1.807, 2.05) is 45.6 Å². The van der Waals surface area contributed by atoms with E-state index in [1.54, 1.807) is 29.8 Å². The summed E-state index contributed by atoms with van der Waals surface area (Å²) in [5.41, 5.74) is 2.04. The van der Waals surface area contributed by atoms with Crippen LogP contribution in [-0.4, -0.2) is 50.0 Å². The highest BCUT2D eigenvalue weighted by molar-refractivity contribution is 8.03. The van der Waals surface area contributed by atoms with Crippen LogP contribution in [0.4, 0.5) is 0 Å². The maximum atomic E-state index is 4.50. The molecular weight excluding hydrogens is 316 g/mol. The standard InChI is InChI=1S/C11H16N2S.C2H6S.C2H6.CH4S/c1-4-8-13-9-6-5-7-10(14-3)11(9)12-2;1-3-2;2*1-2/h5-7H,4,8H2,1-3H3;1-2H3;1-2H3;2H,1H3. The minimum Gasteiger partial charge on any atom is -0.285 e. The van der Waals surface area contributed by atoms with E-state index in [-0.39, 0.29) is 0 Å². The van der Waals surface area contributed by atoms with Gasteiger partial charge in [0.05, 0.1) is 11.4 Å². The topological polar surface area (TPSA) is 24.7 Å². The van der Waals surface area contributed by atoms with Crippen molar-refractivity contribution in [2.24, 2.45) is 9.98 Å². The van der Waals surface area contributed by atoms with Gasteiger partial charge in [0, 0.05) is 18.5 Å². The van der Waals surface area contributed by atoms with Crippen LogP contribution >= 0.6 is 36.2 Å². The zero-order valence-corrected chi connectivity index (χ0v) is 17.3. The Kier molecular flexibility index (Phi) is 27.2. The predicted octanol–water partition coefficient (Wildman–Crippen LogP) is 5.28. The Morgan fingerprint density at radius 3 is 2.05 bits per heavy atom. The summed E-state index contributed by atoms with van der Waals surface area (Å²) in [5.74, 6) is 0. The first-order valence-electron chi connectivity index (χ1n) is 7.04. The minimum absolute atomic E-state index is 0.875. The highest BCUT2D eigenvalue weighted by atomic mass is 32.2. The highest BCUT2D eigenvalue weighted by Crippen LogP contribution is 2.18. The molecule has 5 heteroatoms. The van der Waals surface area contributed by atoms with E-state index in [0.29, 0.717) is 0 Å². The second kappa shape index (κ2) is 22.2. The number of hydrogen-bond acceptors (Lipinski definition) is 5. The van der Waals surface area contributed by atoms with Crippen LogP contribution in [0.3, 0.4) is 0 Å². The Labute approximate surface area is 146 Å². The molecule has 1 rings (SSSR count). The third kappa shape index (κ3) is 13.3. The lowest BCUT2D eigenvalue weighted by molar-refractivity contribution is 0.935. The smallest absolute Gasteiger partial charge is 0.0958 e. The number of thioether (sulfide) groups is 2. The zero-order valence-electron chi connectivity index (χ0n) is 14.8. The first-order valence-corrected chi connectivity index (χ1v) is 10.8. The average Bonchev–Trinajstić information content (AvgIpc) is 2.56. The average molecular weight is 349 g/mol. The lowest BCUT2D eigenvalue weighted by atomic mass is 10.1. The number of hydrogen-bond donors (Lipinski definition) is 1. The molecule has 0 saturated carbocycles. The maximum absolute atomic E-state index is 4.50. The van der Waals surface area contributed by atoms with Crippen LogP contribution in [0.2, 0.25) is 0 Å². The lowest BCUT2D eigenvalue weighted by Gasteiger charge is -2.11. The molecule has 0 unspecified atom stereocenters. The van der Waals surface area contributed by atoms with Crippen LogP contribution < -0.4 is 0 Å². The molecule has 21 heavy (non-hydrogen) atoms. The SMILES string of the molecule is CC.CCCN=C1C=CC=C(SC)C1=NC.CS.CSC. The van der Waals surface area contributed by atoms with Crippen LogP contribution in [0.25, 0.3) is 0 Å². The molecule has 0 saturated heterocycles. The summed E-state index contributed by atoms with van der Waals surface area (Å²) < 4.78 is 0.